The summed E-state index contributed by atoms with van der Waals surface area (Å²) < 4.78 is 13.1. The Balaban J connectivity index is 1.29. The molecule has 34 heavy (non-hydrogen) atoms. The molecule has 1 aliphatic heterocycles. The lowest BCUT2D eigenvalue weighted by atomic mass is 10.0. The number of carbonyl (C=O) groups is 1. The van der Waals surface area contributed by atoms with Crippen LogP contribution in [0.25, 0.3) is 0 Å². The summed E-state index contributed by atoms with van der Waals surface area (Å²) in [4.78, 5) is 23.5. The number of hydrogen-bond acceptors (Lipinski definition) is 5. The number of aromatic nitrogens is 2. The molecule has 2 amide bonds. The van der Waals surface area contributed by atoms with Crippen molar-refractivity contribution in [2.45, 2.75) is 39.2 Å². The molecule has 0 bridgehead atoms. The highest BCUT2D eigenvalue weighted by Crippen LogP contribution is 2.21. The number of urea groups is 1. The minimum Gasteiger partial charge on any atom is -0.354 e. The molecule has 7 nitrogen and oxygen atoms in total. The lowest BCUT2D eigenvalue weighted by Crippen LogP contribution is -2.39. The van der Waals surface area contributed by atoms with E-state index in [1.54, 1.807) is 18.3 Å². The molecule has 3 N–H and O–H groups in total. The van der Waals surface area contributed by atoms with Gasteiger partial charge in [-0.1, -0.05) is 26.0 Å². The average Bonchev–Trinajstić information content (AvgIpc) is 3.28. The molecule has 1 unspecified atom stereocenters. The maximum absolute atomic E-state index is 13.1. The Kier molecular flexibility index (Phi) is 7.57. The van der Waals surface area contributed by atoms with E-state index in [0.717, 1.165) is 37.3 Å². The van der Waals surface area contributed by atoms with Gasteiger partial charge in [-0.15, -0.1) is 0 Å². The van der Waals surface area contributed by atoms with Crippen LogP contribution in [0, 0.1) is 11.7 Å². The predicted molar refractivity (Wildman–Crippen MR) is 134 cm³/mol. The first-order valence-electron chi connectivity index (χ1n) is 11.7. The van der Waals surface area contributed by atoms with Gasteiger partial charge in [-0.25, -0.2) is 14.2 Å². The summed E-state index contributed by atoms with van der Waals surface area (Å²) in [5.74, 6) is 1.58. The second kappa shape index (κ2) is 11.0. The van der Waals surface area contributed by atoms with E-state index in [1.165, 1.54) is 17.7 Å². The fourth-order valence-corrected chi connectivity index (χ4v) is 3.95. The van der Waals surface area contributed by atoms with E-state index >= 15 is 0 Å². The van der Waals surface area contributed by atoms with E-state index in [2.05, 4.69) is 50.7 Å². The zero-order valence-electron chi connectivity index (χ0n) is 19.6. The third-order valence-electron chi connectivity index (χ3n) is 5.78. The second-order valence-corrected chi connectivity index (χ2v) is 9.03. The Hall–Kier alpha value is -3.68. The molecule has 2 aromatic carbocycles. The van der Waals surface area contributed by atoms with E-state index in [0.29, 0.717) is 24.1 Å². The summed E-state index contributed by atoms with van der Waals surface area (Å²) >= 11 is 0. The Labute approximate surface area is 199 Å². The predicted octanol–water partition coefficient (Wildman–Crippen LogP) is 5.35. The van der Waals surface area contributed by atoms with Crippen molar-refractivity contribution in [3.8, 4) is 0 Å². The average molecular weight is 463 g/mol. The zero-order chi connectivity index (χ0) is 23.9. The fourth-order valence-electron chi connectivity index (χ4n) is 3.95. The molecule has 1 atom stereocenters. The number of nitrogens with one attached hydrogen (secondary N) is 3. The molecule has 1 aliphatic rings. The maximum atomic E-state index is 13.1. The van der Waals surface area contributed by atoms with Crippen molar-refractivity contribution in [3.63, 3.8) is 0 Å². The van der Waals surface area contributed by atoms with Crippen molar-refractivity contribution in [1.82, 2.24) is 15.3 Å². The van der Waals surface area contributed by atoms with Crippen LogP contribution in [0.15, 0.2) is 60.8 Å². The Morgan fingerprint density at radius 1 is 1.15 bits per heavy atom. The Morgan fingerprint density at radius 2 is 1.97 bits per heavy atom. The normalized spacial score (nSPS) is 15.4. The number of nitrogens with zero attached hydrogens (tertiary/aromatic N) is 3. The first kappa shape index (κ1) is 23.5. The van der Waals surface area contributed by atoms with Crippen LogP contribution in [0.3, 0.4) is 0 Å². The van der Waals surface area contributed by atoms with Crippen molar-refractivity contribution in [2.24, 2.45) is 5.92 Å². The SMILES string of the molecule is CC(C)CCc1cccc(NC(=O)NC2CCN(c3ccnc(Nc4ccc(F)cc4)n3)C2)c1. The van der Waals surface area contributed by atoms with Gasteiger partial charge in [0.05, 0.1) is 0 Å². The molecular weight excluding hydrogens is 431 g/mol. The summed E-state index contributed by atoms with van der Waals surface area (Å²) in [5, 5.41) is 9.12. The number of anilines is 4. The summed E-state index contributed by atoms with van der Waals surface area (Å²) in [7, 11) is 0. The highest BCUT2D eigenvalue weighted by Gasteiger charge is 2.25. The fraction of sp³-hybridized carbons (Fsp3) is 0.346. The van der Waals surface area contributed by atoms with Gasteiger partial charge in [0.2, 0.25) is 5.95 Å². The maximum Gasteiger partial charge on any atom is 0.319 e. The number of hydrogen-bond donors (Lipinski definition) is 3. The van der Waals surface area contributed by atoms with Crippen molar-refractivity contribution in [3.05, 3.63) is 72.2 Å². The molecule has 1 saturated heterocycles. The standard InChI is InChI=1S/C26H31FN6O/c1-18(2)6-7-19-4-3-5-22(16-19)30-26(34)31-23-13-15-33(17-23)24-12-14-28-25(32-24)29-21-10-8-20(27)9-11-21/h3-5,8-12,14,16,18,23H,6-7,13,15,17H2,1-2H3,(H,28,29,32)(H2,30,31,34). The minimum absolute atomic E-state index is 0.0209. The summed E-state index contributed by atoms with van der Waals surface area (Å²) in [6.07, 6.45) is 4.64. The Morgan fingerprint density at radius 3 is 2.76 bits per heavy atom. The van der Waals surface area contributed by atoms with E-state index in [9.17, 15) is 9.18 Å². The lowest BCUT2D eigenvalue weighted by molar-refractivity contribution is 0.249. The summed E-state index contributed by atoms with van der Waals surface area (Å²) in [6, 6.07) is 15.7. The van der Waals surface area contributed by atoms with Gasteiger partial charge in [0.25, 0.3) is 0 Å². The number of carbonyl (C=O) groups excluding carboxylic acids is 1. The molecule has 8 heteroatoms. The third kappa shape index (κ3) is 6.66. The number of amides is 2. The number of rotatable bonds is 8. The van der Waals surface area contributed by atoms with Crippen LogP contribution in [-0.4, -0.2) is 35.1 Å². The van der Waals surface area contributed by atoms with Crippen LogP contribution < -0.4 is 20.9 Å². The lowest BCUT2D eigenvalue weighted by Gasteiger charge is -2.19. The van der Waals surface area contributed by atoms with Gasteiger partial charge in [0.1, 0.15) is 11.6 Å². The van der Waals surface area contributed by atoms with Gasteiger partial charge in [-0.2, -0.15) is 4.98 Å². The number of aryl methyl sites for hydroxylation is 1. The number of halogens is 1. The molecule has 2 heterocycles. The van der Waals surface area contributed by atoms with E-state index in [4.69, 9.17) is 0 Å². The van der Waals surface area contributed by atoms with Gasteiger partial charge in [0.15, 0.2) is 0 Å². The highest BCUT2D eigenvalue weighted by molar-refractivity contribution is 5.89. The third-order valence-corrected chi connectivity index (χ3v) is 5.78. The highest BCUT2D eigenvalue weighted by atomic mass is 19.1. The van der Waals surface area contributed by atoms with Crippen LogP contribution in [-0.2, 0) is 6.42 Å². The Bertz CT molecular complexity index is 1100. The van der Waals surface area contributed by atoms with Gasteiger partial charge in [-0.3, -0.25) is 0 Å². The van der Waals surface area contributed by atoms with Gasteiger partial charge in [0, 0.05) is 36.7 Å². The van der Waals surface area contributed by atoms with Gasteiger partial charge >= 0.3 is 6.03 Å². The van der Waals surface area contributed by atoms with Crippen LogP contribution in [0.1, 0.15) is 32.3 Å². The van der Waals surface area contributed by atoms with Crippen LogP contribution >= 0.6 is 0 Å². The molecule has 178 valence electrons. The second-order valence-electron chi connectivity index (χ2n) is 9.03. The van der Waals surface area contributed by atoms with Crippen molar-refractivity contribution in [1.29, 1.82) is 0 Å². The van der Waals surface area contributed by atoms with Crippen LogP contribution in [0.2, 0.25) is 0 Å². The molecule has 1 fully saturated rings. The van der Waals surface area contributed by atoms with Crippen LogP contribution in [0.5, 0.6) is 0 Å². The molecule has 0 radical (unpaired) electrons. The molecule has 0 aliphatic carbocycles. The molecule has 0 spiro atoms. The molecule has 1 aromatic heterocycles. The van der Waals surface area contributed by atoms with Gasteiger partial charge in [-0.05, 0) is 73.2 Å². The van der Waals surface area contributed by atoms with E-state index < -0.39 is 0 Å². The molecule has 0 saturated carbocycles. The van der Waals surface area contributed by atoms with Gasteiger partial charge < -0.3 is 20.9 Å². The van der Waals surface area contributed by atoms with Crippen molar-refractivity contribution < 1.29 is 9.18 Å². The van der Waals surface area contributed by atoms with Crippen molar-refractivity contribution >= 4 is 29.2 Å². The minimum atomic E-state index is -0.293. The summed E-state index contributed by atoms with van der Waals surface area (Å²) in [6.45, 7) is 5.87. The topological polar surface area (TPSA) is 82.2 Å². The van der Waals surface area contributed by atoms with E-state index in [-0.39, 0.29) is 17.9 Å². The van der Waals surface area contributed by atoms with Crippen molar-refractivity contribution in [2.75, 3.05) is 28.6 Å². The largest absolute Gasteiger partial charge is 0.354 e. The molecule has 4 rings (SSSR count). The molecule has 3 aromatic rings. The quantitative estimate of drug-likeness (QED) is 0.420. The summed E-state index contributed by atoms with van der Waals surface area (Å²) in [5.41, 5.74) is 2.75. The van der Waals surface area contributed by atoms with E-state index in [1.807, 2.05) is 24.3 Å². The first-order valence-corrected chi connectivity index (χ1v) is 11.7. The number of benzene rings is 2. The van der Waals surface area contributed by atoms with Crippen LogP contribution in [0.4, 0.5) is 32.3 Å². The smallest absolute Gasteiger partial charge is 0.319 e. The molecular formula is C26H31FN6O. The zero-order valence-corrected chi connectivity index (χ0v) is 19.6. The first-order chi connectivity index (χ1) is 16.4. The monoisotopic (exact) mass is 462 g/mol.